The Bertz CT molecular complexity index is 459. The van der Waals surface area contributed by atoms with E-state index < -0.39 is 6.09 Å². The number of amides is 1. The minimum absolute atomic E-state index is 0.208. The van der Waals surface area contributed by atoms with Gasteiger partial charge in [0.25, 0.3) is 5.88 Å². The lowest BCUT2D eigenvalue weighted by atomic mass is 10.2. The molecule has 1 saturated heterocycles. The number of hydrogen-bond acceptors (Lipinski definition) is 4. The average Bonchev–Trinajstić information content (AvgIpc) is 2.63. The third-order valence-electron chi connectivity index (χ3n) is 1.92. The molecule has 16 heavy (non-hydrogen) atoms. The first-order chi connectivity index (χ1) is 7.65. The van der Waals surface area contributed by atoms with Crippen LogP contribution in [0.5, 0.6) is 5.75 Å². The number of carbonyl (C=O) groups is 1. The molecule has 0 aromatic heterocycles. The van der Waals surface area contributed by atoms with Crippen LogP contribution in [0.1, 0.15) is 5.56 Å². The highest BCUT2D eigenvalue weighted by atomic mass is 35.5. The summed E-state index contributed by atoms with van der Waals surface area (Å²) in [6, 6.07) is 5.23. The van der Waals surface area contributed by atoms with Gasteiger partial charge in [0.15, 0.2) is 6.26 Å². The summed E-state index contributed by atoms with van der Waals surface area (Å²) in [4.78, 5) is 10.7. The number of ether oxygens (including phenoxy) is 2. The fourth-order valence-corrected chi connectivity index (χ4v) is 1.41. The number of hydrazine groups is 1. The minimum Gasteiger partial charge on any atom is -0.459 e. The number of halogens is 1. The third-order valence-corrected chi connectivity index (χ3v) is 2.16. The van der Waals surface area contributed by atoms with Gasteiger partial charge in [-0.1, -0.05) is 11.6 Å². The number of rotatable bonds is 2. The Kier molecular flexibility index (Phi) is 2.87. The van der Waals surface area contributed by atoms with Gasteiger partial charge in [0.1, 0.15) is 5.75 Å². The predicted molar refractivity (Wildman–Crippen MR) is 57.7 cm³/mol. The molecule has 0 unspecified atom stereocenters. The lowest BCUT2D eigenvalue weighted by Crippen LogP contribution is -2.24. The SMILES string of the molecule is Cc1cc(Cl)ccc1O/C=C1\NNC(=O)O1. The van der Waals surface area contributed by atoms with Crippen LogP contribution in [0.25, 0.3) is 0 Å². The van der Waals surface area contributed by atoms with E-state index in [0.29, 0.717) is 10.8 Å². The first kappa shape index (κ1) is 10.6. The lowest BCUT2D eigenvalue weighted by molar-refractivity contribution is 0.193. The number of benzene rings is 1. The predicted octanol–water partition coefficient (Wildman–Crippen LogP) is 2.07. The second-order valence-electron chi connectivity index (χ2n) is 3.15. The van der Waals surface area contributed by atoms with Gasteiger partial charge in [-0.25, -0.2) is 10.2 Å². The van der Waals surface area contributed by atoms with Gasteiger partial charge in [0, 0.05) is 5.02 Å². The first-order valence-corrected chi connectivity index (χ1v) is 4.90. The van der Waals surface area contributed by atoms with E-state index in [1.165, 1.54) is 6.26 Å². The summed E-state index contributed by atoms with van der Waals surface area (Å²) in [7, 11) is 0. The Morgan fingerprint density at radius 1 is 1.44 bits per heavy atom. The molecule has 1 heterocycles. The highest BCUT2D eigenvalue weighted by Crippen LogP contribution is 2.22. The zero-order chi connectivity index (χ0) is 11.5. The van der Waals surface area contributed by atoms with Crippen LogP contribution >= 0.6 is 11.6 Å². The van der Waals surface area contributed by atoms with E-state index in [1.807, 2.05) is 6.92 Å². The molecule has 1 fully saturated rings. The van der Waals surface area contributed by atoms with Gasteiger partial charge in [0.2, 0.25) is 0 Å². The maximum Gasteiger partial charge on any atom is 0.432 e. The Morgan fingerprint density at radius 3 is 2.88 bits per heavy atom. The molecule has 1 aromatic rings. The van der Waals surface area contributed by atoms with Crippen molar-refractivity contribution >= 4 is 17.7 Å². The summed E-state index contributed by atoms with van der Waals surface area (Å²) in [5.74, 6) is 0.848. The molecule has 0 spiro atoms. The fourth-order valence-electron chi connectivity index (χ4n) is 1.18. The van der Waals surface area contributed by atoms with Crippen LogP contribution in [0.15, 0.2) is 30.3 Å². The van der Waals surface area contributed by atoms with Crippen LogP contribution in [0.2, 0.25) is 5.02 Å². The van der Waals surface area contributed by atoms with Gasteiger partial charge in [-0.05, 0) is 30.7 Å². The van der Waals surface area contributed by atoms with Crippen molar-refractivity contribution in [2.45, 2.75) is 6.92 Å². The summed E-state index contributed by atoms with van der Waals surface area (Å²) in [5.41, 5.74) is 5.64. The summed E-state index contributed by atoms with van der Waals surface area (Å²) < 4.78 is 10.0. The molecule has 1 amide bonds. The lowest BCUT2D eigenvalue weighted by Gasteiger charge is -2.04. The van der Waals surface area contributed by atoms with Gasteiger partial charge in [-0.15, -0.1) is 0 Å². The molecule has 0 saturated carbocycles. The van der Waals surface area contributed by atoms with E-state index in [9.17, 15) is 4.79 Å². The fraction of sp³-hybridized carbons (Fsp3) is 0.100. The monoisotopic (exact) mass is 240 g/mol. The minimum atomic E-state index is -0.567. The van der Waals surface area contributed by atoms with E-state index in [1.54, 1.807) is 18.2 Å². The second kappa shape index (κ2) is 4.32. The van der Waals surface area contributed by atoms with Crippen LogP contribution in [-0.4, -0.2) is 6.09 Å². The number of carbonyl (C=O) groups excluding carboxylic acids is 1. The summed E-state index contributed by atoms with van der Waals surface area (Å²) in [6.45, 7) is 1.87. The van der Waals surface area contributed by atoms with Crippen molar-refractivity contribution in [3.05, 3.63) is 40.9 Å². The van der Waals surface area contributed by atoms with Crippen LogP contribution < -0.4 is 15.6 Å². The van der Waals surface area contributed by atoms with Crippen LogP contribution in [0.3, 0.4) is 0 Å². The molecule has 2 N–H and O–H groups in total. The van der Waals surface area contributed by atoms with Crippen molar-refractivity contribution in [2.75, 3.05) is 0 Å². The molecule has 0 aliphatic carbocycles. The van der Waals surface area contributed by atoms with E-state index >= 15 is 0 Å². The highest BCUT2D eigenvalue weighted by molar-refractivity contribution is 6.30. The third kappa shape index (κ3) is 2.38. The van der Waals surface area contributed by atoms with Gasteiger partial charge >= 0.3 is 6.09 Å². The summed E-state index contributed by atoms with van der Waals surface area (Å²) in [6.07, 6.45) is 0.733. The molecule has 6 heteroatoms. The van der Waals surface area contributed by atoms with E-state index in [2.05, 4.69) is 10.9 Å². The van der Waals surface area contributed by atoms with Crippen LogP contribution in [-0.2, 0) is 4.74 Å². The van der Waals surface area contributed by atoms with Crippen molar-refractivity contribution < 1.29 is 14.3 Å². The Morgan fingerprint density at radius 2 is 2.25 bits per heavy atom. The van der Waals surface area contributed by atoms with Crippen molar-refractivity contribution in [1.82, 2.24) is 10.9 Å². The van der Waals surface area contributed by atoms with Gasteiger partial charge in [-0.2, -0.15) is 0 Å². The summed E-state index contributed by atoms with van der Waals surface area (Å²) >= 11 is 5.80. The normalized spacial score (nSPS) is 16.6. The Balaban J connectivity index is 2.07. The van der Waals surface area contributed by atoms with Crippen molar-refractivity contribution in [3.63, 3.8) is 0 Å². The molecule has 5 nitrogen and oxygen atoms in total. The molecular weight excluding hydrogens is 232 g/mol. The molecule has 1 aromatic carbocycles. The summed E-state index contributed by atoms with van der Waals surface area (Å²) in [5, 5.41) is 0.643. The van der Waals surface area contributed by atoms with Crippen molar-refractivity contribution in [3.8, 4) is 5.75 Å². The Labute approximate surface area is 97.0 Å². The van der Waals surface area contributed by atoms with E-state index in [-0.39, 0.29) is 5.88 Å². The highest BCUT2D eigenvalue weighted by Gasteiger charge is 2.15. The molecule has 1 aliphatic heterocycles. The first-order valence-electron chi connectivity index (χ1n) is 4.52. The number of aryl methyl sites for hydroxylation is 1. The van der Waals surface area contributed by atoms with Crippen molar-refractivity contribution in [1.29, 1.82) is 0 Å². The zero-order valence-electron chi connectivity index (χ0n) is 8.41. The van der Waals surface area contributed by atoms with Crippen LogP contribution in [0, 0.1) is 6.92 Å². The van der Waals surface area contributed by atoms with Gasteiger partial charge in [-0.3, -0.25) is 5.43 Å². The quantitative estimate of drug-likeness (QED) is 0.777. The van der Waals surface area contributed by atoms with E-state index in [4.69, 9.17) is 21.1 Å². The largest absolute Gasteiger partial charge is 0.459 e. The molecular formula is C10H9ClN2O3. The molecule has 2 rings (SSSR count). The van der Waals surface area contributed by atoms with Crippen LogP contribution in [0.4, 0.5) is 4.79 Å². The number of nitrogens with one attached hydrogen (secondary N) is 2. The maximum atomic E-state index is 10.7. The molecule has 0 bridgehead atoms. The molecule has 84 valence electrons. The molecule has 0 radical (unpaired) electrons. The van der Waals surface area contributed by atoms with Crippen molar-refractivity contribution in [2.24, 2.45) is 0 Å². The standard InChI is InChI=1S/C10H9ClN2O3/c1-6-4-7(11)2-3-8(6)15-5-9-12-13-10(14)16-9/h2-5,12H,1H3,(H,13,14)/b9-5+. The molecule has 0 atom stereocenters. The molecule has 1 aliphatic rings. The Hall–Kier alpha value is -1.88. The number of cyclic esters (lactones) is 1. The second-order valence-corrected chi connectivity index (χ2v) is 3.59. The van der Waals surface area contributed by atoms with Gasteiger partial charge in [0.05, 0.1) is 0 Å². The average molecular weight is 241 g/mol. The van der Waals surface area contributed by atoms with Gasteiger partial charge < -0.3 is 9.47 Å². The zero-order valence-corrected chi connectivity index (χ0v) is 9.17. The van der Waals surface area contributed by atoms with E-state index in [0.717, 1.165) is 5.56 Å². The topological polar surface area (TPSA) is 59.6 Å². The number of hydrogen-bond donors (Lipinski definition) is 2. The maximum absolute atomic E-state index is 10.7. The smallest absolute Gasteiger partial charge is 0.432 e.